The molecule has 2 atom stereocenters. The number of para-hydroxylation sites is 1. The molecule has 0 radical (unpaired) electrons. The van der Waals surface area contributed by atoms with E-state index in [2.05, 4.69) is 5.32 Å². The zero-order valence-corrected chi connectivity index (χ0v) is 10.8. The molecular formula is C14H19NO3. The Bertz CT molecular complexity index is 445. The molecule has 1 aliphatic carbocycles. The first-order chi connectivity index (χ1) is 8.63. The van der Waals surface area contributed by atoms with Crippen molar-refractivity contribution >= 4 is 5.91 Å². The van der Waals surface area contributed by atoms with Gasteiger partial charge in [-0.3, -0.25) is 4.79 Å². The maximum absolute atomic E-state index is 12.1. The number of ether oxygens (including phenoxy) is 1. The van der Waals surface area contributed by atoms with E-state index in [1.54, 1.807) is 32.2 Å². The summed E-state index contributed by atoms with van der Waals surface area (Å²) in [7, 11) is 1.67. The van der Waals surface area contributed by atoms with E-state index >= 15 is 0 Å². The van der Waals surface area contributed by atoms with Crippen LogP contribution in [0, 0.1) is 6.92 Å². The first-order valence-electron chi connectivity index (χ1n) is 6.25. The van der Waals surface area contributed by atoms with E-state index in [1.807, 2.05) is 0 Å². The largest absolute Gasteiger partial charge is 0.507 e. The molecule has 1 saturated carbocycles. The van der Waals surface area contributed by atoms with Crippen LogP contribution in [0.25, 0.3) is 0 Å². The molecule has 1 aromatic rings. The number of nitrogens with one attached hydrogen (secondary N) is 1. The molecule has 0 aliphatic heterocycles. The Morgan fingerprint density at radius 3 is 2.94 bits per heavy atom. The number of methoxy groups -OCH3 is 1. The molecule has 0 heterocycles. The number of phenols is 1. The van der Waals surface area contributed by atoms with Crippen molar-refractivity contribution in [1.29, 1.82) is 0 Å². The molecule has 1 aromatic carbocycles. The molecule has 1 amide bonds. The fourth-order valence-corrected chi connectivity index (χ4v) is 2.46. The SMILES string of the molecule is COC1CCCC1NC(=O)c1cccc(C)c1O. The van der Waals surface area contributed by atoms with Crippen molar-refractivity contribution in [2.45, 2.75) is 38.3 Å². The lowest BCUT2D eigenvalue weighted by Crippen LogP contribution is -2.40. The highest BCUT2D eigenvalue weighted by Gasteiger charge is 2.29. The van der Waals surface area contributed by atoms with Gasteiger partial charge in [-0.1, -0.05) is 12.1 Å². The van der Waals surface area contributed by atoms with Crippen LogP contribution < -0.4 is 5.32 Å². The maximum Gasteiger partial charge on any atom is 0.255 e. The summed E-state index contributed by atoms with van der Waals surface area (Å²) < 4.78 is 5.34. The number of hydrogen-bond acceptors (Lipinski definition) is 3. The molecule has 0 aromatic heterocycles. The summed E-state index contributed by atoms with van der Waals surface area (Å²) in [6.07, 6.45) is 3.04. The van der Waals surface area contributed by atoms with Crippen LogP contribution in [-0.4, -0.2) is 30.3 Å². The van der Waals surface area contributed by atoms with Crippen LogP contribution in [0.4, 0.5) is 0 Å². The molecule has 2 unspecified atom stereocenters. The first-order valence-corrected chi connectivity index (χ1v) is 6.25. The second-order valence-electron chi connectivity index (χ2n) is 4.76. The van der Waals surface area contributed by atoms with E-state index in [-0.39, 0.29) is 23.8 Å². The number of rotatable bonds is 3. The monoisotopic (exact) mass is 249 g/mol. The van der Waals surface area contributed by atoms with Gasteiger partial charge in [0.15, 0.2) is 0 Å². The summed E-state index contributed by atoms with van der Waals surface area (Å²) in [5.74, 6) is -0.174. The number of carbonyl (C=O) groups is 1. The Kier molecular flexibility index (Phi) is 3.87. The maximum atomic E-state index is 12.1. The summed E-state index contributed by atoms with van der Waals surface area (Å²) >= 11 is 0. The van der Waals surface area contributed by atoms with Gasteiger partial charge >= 0.3 is 0 Å². The lowest BCUT2D eigenvalue weighted by atomic mass is 10.1. The predicted molar refractivity (Wildman–Crippen MR) is 68.7 cm³/mol. The van der Waals surface area contributed by atoms with E-state index < -0.39 is 0 Å². The third-order valence-electron chi connectivity index (χ3n) is 3.55. The van der Waals surface area contributed by atoms with Crippen molar-refractivity contribution in [2.75, 3.05) is 7.11 Å². The molecule has 2 N–H and O–H groups in total. The third-order valence-corrected chi connectivity index (χ3v) is 3.55. The van der Waals surface area contributed by atoms with Crippen molar-refractivity contribution < 1.29 is 14.6 Å². The number of benzene rings is 1. The minimum Gasteiger partial charge on any atom is -0.507 e. The highest BCUT2D eigenvalue weighted by Crippen LogP contribution is 2.24. The van der Waals surface area contributed by atoms with Gasteiger partial charge < -0.3 is 15.2 Å². The lowest BCUT2D eigenvalue weighted by molar-refractivity contribution is 0.0720. The van der Waals surface area contributed by atoms with E-state index in [0.717, 1.165) is 19.3 Å². The van der Waals surface area contributed by atoms with Gasteiger partial charge in [0.1, 0.15) is 5.75 Å². The van der Waals surface area contributed by atoms with Crippen LogP contribution in [-0.2, 0) is 4.74 Å². The van der Waals surface area contributed by atoms with Crippen LogP contribution in [0.15, 0.2) is 18.2 Å². The van der Waals surface area contributed by atoms with Crippen molar-refractivity contribution in [1.82, 2.24) is 5.32 Å². The Balaban J connectivity index is 2.10. The van der Waals surface area contributed by atoms with E-state index in [4.69, 9.17) is 4.74 Å². The molecule has 0 spiro atoms. The van der Waals surface area contributed by atoms with Crippen molar-refractivity contribution in [3.05, 3.63) is 29.3 Å². The summed E-state index contributed by atoms with van der Waals surface area (Å²) in [6.45, 7) is 1.78. The minimum absolute atomic E-state index is 0.0439. The first kappa shape index (κ1) is 12.9. The fraction of sp³-hybridized carbons (Fsp3) is 0.500. The Hall–Kier alpha value is -1.55. The average Bonchev–Trinajstić information content (AvgIpc) is 2.79. The van der Waals surface area contributed by atoms with Crippen molar-refractivity contribution in [3.8, 4) is 5.75 Å². The molecule has 1 aliphatic rings. The van der Waals surface area contributed by atoms with Crippen LogP contribution in [0.2, 0.25) is 0 Å². The zero-order valence-electron chi connectivity index (χ0n) is 10.8. The number of aromatic hydroxyl groups is 1. The minimum atomic E-state index is -0.231. The molecule has 4 heteroatoms. The molecule has 4 nitrogen and oxygen atoms in total. The standard InChI is InChI=1S/C14H19NO3/c1-9-5-3-6-10(13(9)16)14(17)15-11-7-4-8-12(11)18-2/h3,5-6,11-12,16H,4,7-8H2,1-2H3,(H,15,17). The zero-order chi connectivity index (χ0) is 13.1. The van der Waals surface area contributed by atoms with E-state index in [0.29, 0.717) is 11.1 Å². The summed E-state index contributed by atoms with van der Waals surface area (Å²) in [5.41, 5.74) is 1.04. The molecule has 2 rings (SSSR count). The van der Waals surface area contributed by atoms with Crippen LogP contribution >= 0.6 is 0 Å². The number of phenolic OH excluding ortho intramolecular Hbond substituents is 1. The van der Waals surface area contributed by atoms with Gasteiger partial charge in [-0.05, 0) is 37.8 Å². The van der Waals surface area contributed by atoms with Crippen LogP contribution in [0.5, 0.6) is 5.75 Å². The predicted octanol–water partition coefficient (Wildman–Crippen LogP) is 2.00. The highest BCUT2D eigenvalue weighted by atomic mass is 16.5. The van der Waals surface area contributed by atoms with E-state index in [9.17, 15) is 9.90 Å². The fourth-order valence-electron chi connectivity index (χ4n) is 2.46. The average molecular weight is 249 g/mol. The Labute approximate surface area is 107 Å². The van der Waals surface area contributed by atoms with Crippen LogP contribution in [0.1, 0.15) is 35.2 Å². The molecule has 1 fully saturated rings. The Morgan fingerprint density at radius 2 is 2.22 bits per heavy atom. The number of hydrogen-bond donors (Lipinski definition) is 2. The van der Waals surface area contributed by atoms with Gasteiger partial charge in [0.2, 0.25) is 0 Å². The van der Waals surface area contributed by atoms with Crippen molar-refractivity contribution in [2.24, 2.45) is 0 Å². The number of amides is 1. The van der Waals surface area contributed by atoms with Gasteiger partial charge in [-0.15, -0.1) is 0 Å². The quantitative estimate of drug-likeness (QED) is 0.861. The smallest absolute Gasteiger partial charge is 0.255 e. The van der Waals surface area contributed by atoms with E-state index in [1.165, 1.54) is 0 Å². The van der Waals surface area contributed by atoms with Gasteiger partial charge in [0.05, 0.1) is 17.7 Å². The summed E-state index contributed by atoms with van der Waals surface area (Å²) in [4.78, 5) is 12.1. The van der Waals surface area contributed by atoms with Gasteiger partial charge in [0, 0.05) is 7.11 Å². The molecule has 18 heavy (non-hydrogen) atoms. The third kappa shape index (κ3) is 2.48. The van der Waals surface area contributed by atoms with Crippen LogP contribution in [0.3, 0.4) is 0 Å². The highest BCUT2D eigenvalue weighted by molar-refractivity contribution is 5.97. The summed E-state index contributed by atoms with van der Waals surface area (Å²) in [6, 6.07) is 5.22. The number of carbonyl (C=O) groups excluding carboxylic acids is 1. The topological polar surface area (TPSA) is 58.6 Å². The number of aryl methyl sites for hydroxylation is 1. The molecule has 0 saturated heterocycles. The molecular weight excluding hydrogens is 230 g/mol. The second-order valence-corrected chi connectivity index (χ2v) is 4.76. The van der Waals surface area contributed by atoms with Gasteiger partial charge in [-0.2, -0.15) is 0 Å². The normalized spacial score (nSPS) is 23.0. The second kappa shape index (κ2) is 5.40. The van der Waals surface area contributed by atoms with Gasteiger partial charge in [-0.25, -0.2) is 0 Å². The molecule has 0 bridgehead atoms. The van der Waals surface area contributed by atoms with Gasteiger partial charge in [0.25, 0.3) is 5.91 Å². The Morgan fingerprint density at radius 1 is 1.44 bits per heavy atom. The molecule has 98 valence electrons. The summed E-state index contributed by atoms with van der Waals surface area (Å²) in [5, 5.41) is 12.8. The van der Waals surface area contributed by atoms with Crippen molar-refractivity contribution in [3.63, 3.8) is 0 Å². The lowest BCUT2D eigenvalue weighted by Gasteiger charge is -2.20.